The van der Waals surface area contributed by atoms with Crippen LogP contribution in [0.2, 0.25) is 0 Å². The minimum Gasteiger partial charge on any atom is -0.379 e. The van der Waals surface area contributed by atoms with Crippen LogP contribution in [0.25, 0.3) is 0 Å². The van der Waals surface area contributed by atoms with Crippen molar-refractivity contribution in [2.75, 3.05) is 31.6 Å². The molecule has 1 fully saturated rings. The molecule has 0 bridgehead atoms. The zero-order chi connectivity index (χ0) is 20.1. The fourth-order valence-electron chi connectivity index (χ4n) is 3.55. The summed E-state index contributed by atoms with van der Waals surface area (Å²) >= 11 is 0. The van der Waals surface area contributed by atoms with E-state index in [0.717, 1.165) is 44.1 Å². The molecule has 0 spiro atoms. The normalized spacial score (nSPS) is 15.2. The highest BCUT2D eigenvalue weighted by atomic mass is 16.5. The van der Waals surface area contributed by atoms with E-state index < -0.39 is 0 Å². The molecule has 1 N–H and O–H groups in total. The Morgan fingerprint density at radius 2 is 1.79 bits per heavy atom. The van der Waals surface area contributed by atoms with Crippen LogP contribution in [0.5, 0.6) is 0 Å². The quantitative estimate of drug-likeness (QED) is 0.765. The molecule has 0 saturated carbocycles. The number of hydrogen-bond donors (Lipinski definition) is 1. The number of morpholine rings is 1. The second-order valence-corrected chi connectivity index (χ2v) is 8.20. The molecular weight excluding hydrogens is 348 g/mol. The van der Waals surface area contributed by atoms with Crippen LogP contribution in [0.4, 0.5) is 5.69 Å². The van der Waals surface area contributed by atoms with E-state index in [4.69, 9.17) is 4.74 Å². The van der Waals surface area contributed by atoms with Crippen molar-refractivity contribution in [1.82, 2.24) is 4.90 Å². The third kappa shape index (κ3) is 5.21. The first-order chi connectivity index (χ1) is 13.4. The van der Waals surface area contributed by atoms with E-state index in [9.17, 15) is 4.79 Å². The number of nitrogens with one attached hydrogen (secondary N) is 1. The second-order valence-electron chi connectivity index (χ2n) is 8.20. The van der Waals surface area contributed by atoms with Gasteiger partial charge in [-0.25, -0.2) is 0 Å². The summed E-state index contributed by atoms with van der Waals surface area (Å²) < 4.78 is 5.41. The number of anilines is 1. The average molecular weight is 381 g/mol. The summed E-state index contributed by atoms with van der Waals surface area (Å²) in [5.74, 6) is 0.767. The maximum absolute atomic E-state index is 12.9. The molecule has 0 radical (unpaired) electrons. The van der Waals surface area contributed by atoms with Crippen molar-refractivity contribution in [3.63, 3.8) is 0 Å². The fourth-order valence-corrected chi connectivity index (χ4v) is 3.55. The van der Waals surface area contributed by atoms with E-state index in [1.165, 1.54) is 11.1 Å². The summed E-state index contributed by atoms with van der Waals surface area (Å²) in [5, 5.41) is 3.13. The number of rotatable bonds is 6. The van der Waals surface area contributed by atoms with Crippen LogP contribution >= 0.6 is 0 Å². The Morgan fingerprint density at radius 3 is 2.46 bits per heavy atom. The fraction of sp³-hybridized carbons (Fsp3) is 0.458. The van der Waals surface area contributed by atoms with Gasteiger partial charge < -0.3 is 10.1 Å². The summed E-state index contributed by atoms with van der Waals surface area (Å²) in [6.45, 7) is 13.0. The minimum atomic E-state index is -0.0528. The van der Waals surface area contributed by atoms with Crippen molar-refractivity contribution in [3.05, 3.63) is 64.7 Å². The molecule has 150 valence electrons. The van der Waals surface area contributed by atoms with Gasteiger partial charge in [0.2, 0.25) is 0 Å². The number of hydrogen-bond acceptors (Lipinski definition) is 3. The molecule has 28 heavy (non-hydrogen) atoms. The largest absolute Gasteiger partial charge is 0.379 e. The number of carbonyl (C=O) groups excluding carboxylic acids is 1. The lowest BCUT2D eigenvalue weighted by atomic mass is 9.94. The molecule has 1 heterocycles. The number of nitrogens with zero attached hydrogens (tertiary/aromatic N) is 1. The first-order valence-electron chi connectivity index (χ1n) is 10.3. The summed E-state index contributed by atoms with van der Waals surface area (Å²) in [7, 11) is 0. The van der Waals surface area contributed by atoms with E-state index in [1.54, 1.807) is 0 Å². The zero-order valence-electron chi connectivity index (χ0n) is 17.5. The molecule has 0 aliphatic carbocycles. The topological polar surface area (TPSA) is 41.6 Å². The Morgan fingerprint density at radius 1 is 1.04 bits per heavy atom. The Kier molecular flexibility index (Phi) is 6.87. The molecule has 4 nitrogen and oxygen atoms in total. The third-order valence-electron chi connectivity index (χ3n) is 5.31. The van der Waals surface area contributed by atoms with Gasteiger partial charge in [-0.3, -0.25) is 9.69 Å². The van der Waals surface area contributed by atoms with Crippen LogP contribution < -0.4 is 5.32 Å². The molecule has 0 aromatic heterocycles. The van der Waals surface area contributed by atoms with Crippen molar-refractivity contribution in [3.8, 4) is 0 Å². The highest BCUT2D eigenvalue weighted by Crippen LogP contribution is 2.29. The number of amides is 1. The molecule has 2 aromatic carbocycles. The van der Waals surface area contributed by atoms with Crippen LogP contribution in [-0.2, 0) is 11.3 Å². The number of ether oxygens (including phenoxy) is 1. The van der Waals surface area contributed by atoms with Gasteiger partial charge in [-0.1, -0.05) is 52.0 Å². The first kappa shape index (κ1) is 20.6. The summed E-state index contributed by atoms with van der Waals surface area (Å²) in [6.07, 6.45) is 0. The van der Waals surface area contributed by atoms with Crippen molar-refractivity contribution in [1.29, 1.82) is 0 Å². The molecule has 1 aliphatic rings. The van der Waals surface area contributed by atoms with E-state index in [-0.39, 0.29) is 5.91 Å². The monoisotopic (exact) mass is 380 g/mol. The van der Waals surface area contributed by atoms with E-state index in [0.29, 0.717) is 17.4 Å². The third-order valence-corrected chi connectivity index (χ3v) is 5.31. The van der Waals surface area contributed by atoms with Gasteiger partial charge in [0.1, 0.15) is 0 Å². The first-order valence-corrected chi connectivity index (χ1v) is 10.3. The molecule has 1 aliphatic heterocycles. The van der Waals surface area contributed by atoms with Crippen molar-refractivity contribution in [2.45, 2.75) is 46.1 Å². The lowest BCUT2D eigenvalue weighted by Gasteiger charge is -2.26. The van der Waals surface area contributed by atoms with E-state index in [2.05, 4.69) is 56.1 Å². The molecule has 0 atom stereocenters. The number of benzene rings is 2. The van der Waals surface area contributed by atoms with Crippen LogP contribution in [-0.4, -0.2) is 37.1 Å². The van der Waals surface area contributed by atoms with Gasteiger partial charge in [-0.15, -0.1) is 0 Å². The van der Waals surface area contributed by atoms with Gasteiger partial charge in [0.25, 0.3) is 5.91 Å². The second kappa shape index (κ2) is 9.35. The van der Waals surface area contributed by atoms with Gasteiger partial charge in [0, 0.05) is 30.9 Å². The molecule has 1 amide bonds. The highest BCUT2D eigenvalue weighted by molar-refractivity contribution is 6.04. The van der Waals surface area contributed by atoms with Crippen LogP contribution in [0.15, 0.2) is 42.5 Å². The number of carbonyl (C=O) groups is 1. The molecule has 0 unspecified atom stereocenters. The molecule has 1 saturated heterocycles. The smallest absolute Gasteiger partial charge is 0.255 e. The predicted octanol–water partition coefficient (Wildman–Crippen LogP) is 5.02. The standard InChI is InChI=1S/C24H32N2O2/c1-17(2)20-8-9-23(22(15-20)18(3)4)25-24(27)21-7-5-6-19(14-21)16-26-10-12-28-13-11-26/h5-9,14-15,17-18H,10-13,16H2,1-4H3,(H,25,27). The van der Waals surface area contributed by atoms with E-state index >= 15 is 0 Å². The van der Waals surface area contributed by atoms with E-state index in [1.807, 2.05) is 24.3 Å². The molecular formula is C24H32N2O2. The minimum absolute atomic E-state index is 0.0528. The maximum Gasteiger partial charge on any atom is 0.255 e. The highest BCUT2D eigenvalue weighted by Gasteiger charge is 2.15. The van der Waals surface area contributed by atoms with Crippen molar-refractivity contribution < 1.29 is 9.53 Å². The summed E-state index contributed by atoms with van der Waals surface area (Å²) in [5.41, 5.74) is 5.25. The molecule has 3 rings (SSSR count). The van der Waals surface area contributed by atoms with Gasteiger partial charge in [0.05, 0.1) is 13.2 Å². The van der Waals surface area contributed by atoms with Crippen molar-refractivity contribution in [2.24, 2.45) is 0 Å². The van der Waals surface area contributed by atoms with Gasteiger partial charge >= 0.3 is 0 Å². The van der Waals surface area contributed by atoms with Gasteiger partial charge in [-0.2, -0.15) is 0 Å². The van der Waals surface area contributed by atoms with Crippen LogP contribution in [0.1, 0.15) is 66.6 Å². The maximum atomic E-state index is 12.9. The summed E-state index contributed by atoms with van der Waals surface area (Å²) in [6, 6.07) is 14.3. The Bertz CT molecular complexity index is 808. The Labute approximate surface area is 168 Å². The van der Waals surface area contributed by atoms with Crippen LogP contribution in [0, 0.1) is 0 Å². The molecule has 4 heteroatoms. The lowest BCUT2D eigenvalue weighted by molar-refractivity contribution is 0.0342. The average Bonchev–Trinajstić information content (AvgIpc) is 2.69. The van der Waals surface area contributed by atoms with Crippen LogP contribution in [0.3, 0.4) is 0 Å². The lowest BCUT2D eigenvalue weighted by Crippen LogP contribution is -2.35. The SMILES string of the molecule is CC(C)c1ccc(NC(=O)c2cccc(CN3CCOCC3)c2)c(C(C)C)c1. The zero-order valence-corrected chi connectivity index (χ0v) is 17.5. The van der Waals surface area contributed by atoms with Crippen molar-refractivity contribution >= 4 is 11.6 Å². The Hall–Kier alpha value is -2.17. The van der Waals surface area contributed by atoms with Gasteiger partial charge in [-0.05, 0) is 46.7 Å². The summed E-state index contributed by atoms with van der Waals surface area (Å²) in [4.78, 5) is 15.3. The van der Waals surface area contributed by atoms with Gasteiger partial charge in [0.15, 0.2) is 0 Å². The Balaban J connectivity index is 1.75. The molecule has 2 aromatic rings. The predicted molar refractivity (Wildman–Crippen MR) is 115 cm³/mol.